The molecule has 0 saturated carbocycles. The molecule has 0 aliphatic heterocycles. The van der Waals surface area contributed by atoms with Gasteiger partial charge in [-0.05, 0) is 29.7 Å². The molecule has 26 heavy (non-hydrogen) atoms. The van der Waals surface area contributed by atoms with E-state index in [1.165, 1.54) is 11.1 Å². The van der Waals surface area contributed by atoms with Crippen molar-refractivity contribution < 1.29 is 0 Å². The maximum absolute atomic E-state index is 6.03. The predicted octanol–water partition coefficient (Wildman–Crippen LogP) is 6.76. The predicted molar refractivity (Wildman–Crippen MR) is 112 cm³/mol. The number of thioether (sulfide) groups is 1. The highest BCUT2D eigenvalue weighted by atomic mass is 35.5. The molecule has 2 aromatic heterocycles. The van der Waals surface area contributed by atoms with Gasteiger partial charge in [0.15, 0.2) is 5.16 Å². The number of H-pyrrole nitrogens is 1. The summed E-state index contributed by atoms with van der Waals surface area (Å²) in [6, 6.07) is 14.4. The molecule has 0 saturated heterocycles. The van der Waals surface area contributed by atoms with Crippen LogP contribution in [-0.4, -0.2) is 15.0 Å². The fourth-order valence-electron chi connectivity index (χ4n) is 2.69. The zero-order valence-corrected chi connectivity index (χ0v) is 16.9. The zero-order valence-electron chi connectivity index (χ0n) is 14.5. The third-order valence-electron chi connectivity index (χ3n) is 4.16. The highest BCUT2D eigenvalue weighted by Crippen LogP contribution is 2.29. The summed E-state index contributed by atoms with van der Waals surface area (Å²) in [5.74, 6) is 1.33. The van der Waals surface area contributed by atoms with Crippen LogP contribution in [0.2, 0.25) is 5.02 Å². The Morgan fingerprint density at radius 3 is 2.69 bits per heavy atom. The molecule has 0 spiro atoms. The second-order valence-electron chi connectivity index (χ2n) is 6.41. The molecule has 2 heterocycles. The maximum Gasteiger partial charge on any atom is 0.166 e. The van der Waals surface area contributed by atoms with Crippen LogP contribution in [0.1, 0.15) is 31.0 Å². The van der Waals surface area contributed by atoms with E-state index in [2.05, 4.69) is 53.5 Å². The Morgan fingerprint density at radius 1 is 1.12 bits per heavy atom. The molecule has 2 aromatic carbocycles. The van der Waals surface area contributed by atoms with E-state index in [4.69, 9.17) is 16.6 Å². The van der Waals surface area contributed by atoms with Crippen molar-refractivity contribution in [2.75, 3.05) is 0 Å². The van der Waals surface area contributed by atoms with Gasteiger partial charge in [0.2, 0.25) is 0 Å². The fourth-order valence-corrected chi connectivity index (χ4v) is 4.57. The lowest BCUT2D eigenvalue weighted by molar-refractivity contribution is 0.867. The van der Waals surface area contributed by atoms with Gasteiger partial charge in [-0.3, -0.25) is 0 Å². The Hall–Kier alpha value is -1.82. The van der Waals surface area contributed by atoms with Crippen LogP contribution in [-0.2, 0) is 5.75 Å². The number of aromatic amines is 1. The second kappa shape index (κ2) is 7.43. The number of benzene rings is 2. The summed E-state index contributed by atoms with van der Waals surface area (Å²) in [6.45, 7) is 4.42. The van der Waals surface area contributed by atoms with E-state index in [0.29, 0.717) is 10.9 Å². The Labute approximate surface area is 165 Å². The summed E-state index contributed by atoms with van der Waals surface area (Å²) in [5, 5.41) is 4.79. The van der Waals surface area contributed by atoms with Crippen molar-refractivity contribution >= 4 is 45.7 Å². The van der Waals surface area contributed by atoms with Crippen LogP contribution in [0, 0.1) is 0 Å². The van der Waals surface area contributed by atoms with Gasteiger partial charge in [-0.25, -0.2) is 9.97 Å². The molecule has 0 bridgehead atoms. The summed E-state index contributed by atoms with van der Waals surface area (Å²) in [6.07, 6.45) is 0. The number of hydrogen-bond acceptors (Lipinski definition) is 4. The molecular formula is C20H18ClN3S2. The van der Waals surface area contributed by atoms with Crippen molar-refractivity contribution in [1.82, 2.24) is 15.0 Å². The SMILES string of the molecule is CC(C)c1ccc(-c2nc(CSc3nc4ccc(Cl)cc4[nH]3)cs2)cc1. The van der Waals surface area contributed by atoms with E-state index < -0.39 is 0 Å². The molecule has 1 N–H and O–H groups in total. The van der Waals surface area contributed by atoms with Crippen LogP contribution in [0.25, 0.3) is 21.6 Å². The van der Waals surface area contributed by atoms with Gasteiger partial charge in [-0.15, -0.1) is 11.3 Å². The van der Waals surface area contributed by atoms with Crippen molar-refractivity contribution in [2.45, 2.75) is 30.7 Å². The molecular weight excluding hydrogens is 382 g/mol. The number of rotatable bonds is 5. The van der Waals surface area contributed by atoms with Crippen LogP contribution >= 0.6 is 34.7 Å². The minimum absolute atomic E-state index is 0.547. The van der Waals surface area contributed by atoms with E-state index in [-0.39, 0.29) is 0 Å². The molecule has 4 aromatic rings. The van der Waals surface area contributed by atoms with Gasteiger partial charge in [-0.2, -0.15) is 0 Å². The van der Waals surface area contributed by atoms with E-state index in [1.54, 1.807) is 23.1 Å². The van der Waals surface area contributed by atoms with E-state index in [1.807, 2.05) is 18.2 Å². The van der Waals surface area contributed by atoms with Gasteiger partial charge in [0.1, 0.15) is 5.01 Å². The molecule has 0 aliphatic carbocycles. The van der Waals surface area contributed by atoms with Crippen molar-refractivity contribution in [1.29, 1.82) is 0 Å². The Morgan fingerprint density at radius 2 is 1.92 bits per heavy atom. The first-order valence-electron chi connectivity index (χ1n) is 8.41. The first kappa shape index (κ1) is 17.6. The zero-order chi connectivity index (χ0) is 18.1. The first-order valence-corrected chi connectivity index (χ1v) is 10.7. The quantitative estimate of drug-likeness (QED) is 0.377. The fraction of sp³-hybridized carbons (Fsp3) is 0.200. The van der Waals surface area contributed by atoms with Crippen LogP contribution in [0.4, 0.5) is 0 Å². The van der Waals surface area contributed by atoms with Crippen LogP contribution in [0.15, 0.2) is 53.0 Å². The minimum atomic E-state index is 0.547. The molecule has 0 radical (unpaired) electrons. The van der Waals surface area contributed by atoms with Crippen molar-refractivity contribution in [3.63, 3.8) is 0 Å². The number of fused-ring (bicyclic) bond motifs is 1. The highest BCUT2D eigenvalue weighted by Gasteiger charge is 2.09. The summed E-state index contributed by atoms with van der Waals surface area (Å²) in [7, 11) is 0. The van der Waals surface area contributed by atoms with Gasteiger partial charge < -0.3 is 4.98 Å². The largest absolute Gasteiger partial charge is 0.333 e. The van der Waals surface area contributed by atoms with Crippen molar-refractivity contribution in [2.24, 2.45) is 0 Å². The third kappa shape index (κ3) is 3.80. The van der Waals surface area contributed by atoms with Crippen molar-refractivity contribution in [3.8, 4) is 10.6 Å². The number of aromatic nitrogens is 3. The summed E-state index contributed by atoms with van der Waals surface area (Å²) in [4.78, 5) is 12.7. The normalized spacial score (nSPS) is 11.5. The van der Waals surface area contributed by atoms with Gasteiger partial charge in [0.05, 0.1) is 16.7 Å². The lowest BCUT2D eigenvalue weighted by Crippen LogP contribution is -1.87. The number of thiazole rings is 1. The van der Waals surface area contributed by atoms with Gasteiger partial charge in [0.25, 0.3) is 0 Å². The van der Waals surface area contributed by atoms with Crippen LogP contribution < -0.4 is 0 Å². The monoisotopic (exact) mass is 399 g/mol. The summed E-state index contributed by atoms with van der Waals surface area (Å²) >= 11 is 9.37. The molecule has 0 atom stereocenters. The lowest BCUT2D eigenvalue weighted by Gasteiger charge is -2.05. The molecule has 0 aliphatic rings. The lowest BCUT2D eigenvalue weighted by atomic mass is 10.0. The minimum Gasteiger partial charge on any atom is -0.333 e. The first-order chi connectivity index (χ1) is 12.6. The van der Waals surface area contributed by atoms with E-state index >= 15 is 0 Å². The number of imidazole rings is 1. The molecule has 0 unspecified atom stereocenters. The molecule has 0 fully saturated rings. The molecule has 3 nitrogen and oxygen atoms in total. The standard InChI is InChI=1S/C20H18ClN3S2/c1-12(2)13-3-5-14(6-4-13)19-22-16(10-25-19)11-26-20-23-17-8-7-15(21)9-18(17)24-20/h3-10,12H,11H2,1-2H3,(H,23,24). The van der Waals surface area contributed by atoms with E-state index in [0.717, 1.165) is 32.6 Å². The maximum atomic E-state index is 6.03. The van der Waals surface area contributed by atoms with Gasteiger partial charge in [-0.1, -0.05) is 61.5 Å². The third-order valence-corrected chi connectivity index (χ3v) is 6.24. The molecule has 0 amide bonds. The Balaban J connectivity index is 1.45. The summed E-state index contributed by atoms with van der Waals surface area (Å²) < 4.78 is 0. The molecule has 6 heteroatoms. The van der Waals surface area contributed by atoms with E-state index in [9.17, 15) is 0 Å². The number of nitrogens with zero attached hydrogens (tertiary/aromatic N) is 2. The van der Waals surface area contributed by atoms with Gasteiger partial charge in [0, 0.05) is 21.7 Å². The number of halogens is 1. The average Bonchev–Trinajstić information content (AvgIpc) is 3.26. The molecule has 4 rings (SSSR count). The topological polar surface area (TPSA) is 41.6 Å². The highest BCUT2D eigenvalue weighted by molar-refractivity contribution is 7.98. The van der Waals surface area contributed by atoms with Crippen molar-refractivity contribution in [3.05, 3.63) is 64.1 Å². The molecule has 132 valence electrons. The average molecular weight is 400 g/mol. The number of nitrogens with one attached hydrogen (secondary N) is 1. The smallest absolute Gasteiger partial charge is 0.166 e. The van der Waals surface area contributed by atoms with Gasteiger partial charge >= 0.3 is 0 Å². The Bertz CT molecular complexity index is 1030. The Kier molecular flexibility index (Phi) is 5.02. The second-order valence-corrected chi connectivity index (χ2v) is 8.67. The number of hydrogen-bond donors (Lipinski definition) is 1. The van der Waals surface area contributed by atoms with Crippen LogP contribution in [0.5, 0.6) is 0 Å². The van der Waals surface area contributed by atoms with Crippen LogP contribution in [0.3, 0.4) is 0 Å². The summed E-state index contributed by atoms with van der Waals surface area (Å²) in [5.41, 5.74) is 5.49.